The van der Waals surface area contributed by atoms with Gasteiger partial charge in [-0.05, 0) is 42.0 Å². The predicted molar refractivity (Wildman–Crippen MR) is 124 cm³/mol. The number of carbonyl (C=O) groups excluding carboxylic acids is 4. The second kappa shape index (κ2) is 8.61. The number of likely N-dealkylation sites (tertiary alicyclic amines) is 1. The zero-order valence-electron chi connectivity index (χ0n) is 17.6. The molecule has 0 unspecified atom stereocenters. The van der Waals surface area contributed by atoms with E-state index in [0.29, 0.717) is 5.02 Å². The van der Waals surface area contributed by atoms with Crippen LogP contribution in [-0.4, -0.2) is 45.7 Å². The maximum Gasteiger partial charge on any atom is 0.422 e. The Hall–Kier alpha value is -4.23. The van der Waals surface area contributed by atoms with Crippen molar-refractivity contribution in [2.24, 2.45) is 0 Å². The summed E-state index contributed by atoms with van der Waals surface area (Å²) in [5.41, 5.74) is 1.29. The first-order valence-corrected chi connectivity index (χ1v) is 10.8. The molecule has 1 fully saturated rings. The van der Waals surface area contributed by atoms with Crippen molar-refractivity contribution in [2.75, 3.05) is 0 Å². The van der Waals surface area contributed by atoms with Crippen LogP contribution in [0.15, 0.2) is 84.9 Å². The molecule has 2 aliphatic heterocycles. The standard InChI is InChI=1S/C26H17ClN2O5/c27-17-11-13-18(14-12-17)34-26(33)28-21(15-10-16-6-2-1-3-7-16)22(25(28)32)29-23(30)19-8-4-5-9-20(19)24(29)31/h1-15,21-22H/b15-10+/t21-,22-/m1/s1. The Morgan fingerprint density at radius 3 is 2.03 bits per heavy atom. The number of carbonyl (C=O) groups is 4. The maximum atomic E-state index is 13.1. The highest BCUT2D eigenvalue weighted by Crippen LogP contribution is 2.34. The van der Waals surface area contributed by atoms with Crippen molar-refractivity contribution in [3.63, 3.8) is 0 Å². The number of benzene rings is 3. The highest BCUT2D eigenvalue weighted by Gasteiger charge is 2.58. The third kappa shape index (κ3) is 3.66. The van der Waals surface area contributed by atoms with Crippen LogP contribution in [0.4, 0.5) is 4.79 Å². The lowest BCUT2D eigenvalue weighted by Crippen LogP contribution is -2.72. The molecule has 2 aliphatic rings. The topological polar surface area (TPSA) is 84.0 Å². The zero-order chi connectivity index (χ0) is 23.8. The van der Waals surface area contributed by atoms with Crippen LogP contribution in [0.25, 0.3) is 6.08 Å². The molecule has 8 heteroatoms. The molecular formula is C26H17ClN2O5. The second-order valence-electron chi connectivity index (χ2n) is 7.76. The summed E-state index contributed by atoms with van der Waals surface area (Å²) in [6.07, 6.45) is 2.43. The minimum absolute atomic E-state index is 0.206. The van der Waals surface area contributed by atoms with E-state index in [1.807, 2.05) is 30.3 Å². The molecule has 3 aromatic rings. The molecular weight excluding hydrogens is 456 g/mol. The van der Waals surface area contributed by atoms with Gasteiger partial charge in [-0.1, -0.05) is 66.2 Å². The van der Waals surface area contributed by atoms with Crippen molar-refractivity contribution >= 4 is 41.5 Å². The first kappa shape index (κ1) is 21.6. The van der Waals surface area contributed by atoms with Crippen LogP contribution in [0.3, 0.4) is 0 Å². The molecule has 0 aromatic heterocycles. The van der Waals surface area contributed by atoms with Crippen LogP contribution in [0.1, 0.15) is 26.3 Å². The van der Waals surface area contributed by atoms with Gasteiger partial charge in [-0.3, -0.25) is 19.3 Å². The van der Waals surface area contributed by atoms with Gasteiger partial charge >= 0.3 is 6.09 Å². The van der Waals surface area contributed by atoms with Gasteiger partial charge in [0, 0.05) is 5.02 Å². The van der Waals surface area contributed by atoms with E-state index in [1.54, 1.807) is 48.6 Å². The van der Waals surface area contributed by atoms with E-state index in [-0.39, 0.29) is 16.9 Å². The average Bonchev–Trinajstić information content (AvgIpc) is 3.09. The molecule has 34 heavy (non-hydrogen) atoms. The van der Waals surface area contributed by atoms with Crippen molar-refractivity contribution in [3.8, 4) is 5.75 Å². The molecule has 0 aliphatic carbocycles. The Bertz CT molecular complexity index is 1300. The van der Waals surface area contributed by atoms with E-state index >= 15 is 0 Å². The Balaban J connectivity index is 1.45. The summed E-state index contributed by atoms with van der Waals surface area (Å²) in [4.78, 5) is 53.8. The predicted octanol–water partition coefficient (Wildman–Crippen LogP) is 4.43. The largest absolute Gasteiger partial charge is 0.422 e. The van der Waals surface area contributed by atoms with Crippen LogP contribution >= 0.6 is 11.6 Å². The molecule has 0 saturated carbocycles. The summed E-state index contributed by atoms with van der Waals surface area (Å²) in [6.45, 7) is 0. The second-order valence-corrected chi connectivity index (χ2v) is 8.20. The Kier molecular flexibility index (Phi) is 5.47. The van der Waals surface area contributed by atoms with Gasteiger partial charge in [-0.2, -0.15) is 0 Å². The Labute approximate surface area is 199 Å². The number of hydrogen-bond donors (Lipinski definition) is 0. The monoisotopic (exact) mass is 472 g/mol. The van der Waals surface area contributed by atoms with Gasteiger partial charge in [0.05, 0.1) is 17.2 Å². The van der Waals surface area contributed by atoms with E-state index in [4.69, 9.17) is 16.3 Å². The molecule has 4 amide bonds. The lowest BCUT2D eigenvalue weighted by molar-refractivity contribution is -0.147. The molecule has 5 rings (SSSR count). The number of rotatable bonds is 4. The summed E-state index contributed by atoms with van der Waals surface area (Å²) in [5, 5.41) is 0.467. The SMILES string of the molecule is O=C(Oc1ccc(Cl)cc1)N1C(=O)[C@H](N2C(=O)c3ccccc3C2=O)[C@H]1/C=C/c1ccccc1. The van der Waals surface area contributed by atoms with Crippen molar-refractivity contribution in [1.29, 1.82) is 0 Å². The van der Waals surface area contributed by atoms with Crippen molar-refractivity contribution in [3.05, 3.63) is 107 Å². The summed E-state index contributed by atoms with van der Waals surface area (Å²) in [6, 6.07) is 19.7. The average molecular weight is 473 g/mol. The van der Waals surface area contributed by atoms with Crippen molar-refractivity contribution < 1.29 is 23.9 Å². The number of nitrogens with zero attached hydrogens (tertiary/aromatic N) is 2. The molecule has 3 aromatic carbocycles. The fraction of sp³-hybridized carbons (Fsp3) is 0.0769. The first-order valence-electron chi connectivity index (χ1n) is 10.5. The summed E-state index contributed by atoms with van der Waals surface area (Å²) in [7, 11) is 0. The third-order valence-electron chi connectivity index (χ3n) is 5.72. The van der Waals surface area contributed by atoms with Crippen LogP contribution in [0.5, 0.6) is 5.75 Å². The quantitative estimate of drug-likeness (QED) is 0.414. The zero-order valence-corrected chi connectivity index (χ0v) is 18.4. The lowest BCUT2D eigenvalue weighted by Gasteiger charge is -2.46. The van der Waals surface area contributed by atoms with E-state index in [9.17, 15) is 19.2 Å². The molecule has 7 nitrogen and oxygen atoms in total. The number of hydrogen-bond acceptors (Lipinski definition) is 5. The highest BCUT2D eigenvalue weighted by molar-refractivity contribution is 6.30. The van der Waals surface area contributed by atoms with Gasteiger partial charge < -0.3 is 4.74 Å². The number of imide groups is 2. The van der Waals surface area contributed by atoms with Crippen LogP contribution < -0.4 is 4.74 Å². The van der Waals surface area contributed by atoms with Crippen LogP contribution in [-0.2, 0) is 4.79 Å². The molecule has 0 N–H and O–H groups in total. The normalized spacial score (nSPS) is 19.4. The van der Waals surface area contributed by atoms with Gasteiger partial charge in [-0.25, -0.2) is 9.69 Å². The summed E-state index contributed by atoms with van der Waals surface area (Å²) < 4.78 is 5.34. The van der Waals surface area contributed by atoms with Gasteiger partial charge in [-0.15, -0.1) is 0 Å². The molecule has 168 valence electrons. The van der Waals surface area contributed by atoms with Gasteiger partial charge in [0.2, 0.25) is 0 Å². The first-order chi connectivity index (χ1) is 16.5. The van der Waals surface area contributed by atoms with E-state index in [1.165, 1.54) is 12.1 Å². The van der Waals surface area contributed by atoms with Crippen molar-refractivity contribution in [1.82, 2.24) is 9.80 Å². The van der Waals surface area contributed by atoms with E-state index in [2.05, 4.69) is 0 Å². The molecule has 0 radical (unpaired) electrons. The fourth-order valence-corrected chi connectivity index (χ4v) is 4.17. The van der Waals surface area contributed by atoms with Crippen molar-refractivity contribution in [2.45, 2.75) is 12.1 Å². The fourth-order valence-electron chi connectivity index (χ4n) is 4.05. The highest BCUT2D eigenvalue weighted by atomic mass is 35.5. The number of amides is 4. The van der Waals surface area contributed by atoms with Gasteiger partial charge in [0.1, 0.15) is 11.8 Å². The third-order valence-corrected chi connectivity index (χ3v) is 5.97. The minimum Gasteiger partial charge on any atom is -0.410 e. The number of ether oxygens (including phenoxy) is 1. The van der Waals surface area contributed by atoms with Crippen LogP contribution in [0.2, 0.25) is 5.02 Å². The molecule has 0 spiro atoms. The maximum absolute atomic E-state index is 13.1. The molecule has 0 bridgehead atoms. The van der Waals surface area contributed by atoms with Gasteiger partial charge in [0.15, 0.2) is 0 Å². The lowest BCUT2D eigenvalue weighted by atomic mass is 9.92. The number of β-lactam (4-membered cyclic amide) rings is 1. The summed E-state index contributed by atoms with van der Waals surface area (Å²) in [5.74, 6) is -1.63. The number of halogens is 1. The minimum atomic E-state index is -1.16. The number of fused-ring (bicyclic) bond motifs is 1. The molecule has 1 saturated heterocycles. The van der Waals surface area contributed by atoms with E-state index < -0.39 is 35.9 Å². The van der Waals surface area contributed by atoms with Crippen LogP contribution in [0, 0.1) is 0 Å². The Morgan fingerprint density at radius 2 is 1.41 bits per heavy atom. The molecule has 2 heterocycles. The smallest absolute Gasteiger partial charge is 0.410 e. The van der Waals surface area contributed by atoms with Gasteiger partial charge in [0.25, 0.3) is 17.7 Å². The molecule has 2 atom stereocenters. The Morgan fingerprint density at radius 1 is 0.824 bits per heavy atom. The summed E-state index contributed by atoms with van der Waals surface area (Å²) >= 11 is 5.87. The van der Waals surface area contributed by atoms with E-state index in [0.717, 1.165) is 15.4 Å².